The fourth-order valence-electron chi connectivity index (χ4n) is 1.35. The van der Waals surface area contributed by atoms with Gasteiger partial charge in [-0.1, -0.05) is 6.07 Å². The summed E-state index contributed by atoms with van der Waals surface area (Å²) in [5.74, 6) is 0. The molecule has 1 aromatic carbocycles. The van der Waals surface area contributed by atoms with Gasteiger partial charge >= 0.3 is 0 Å². The lowest BCUT2D eigenvalue weighted by atomic mass is 10.3. The second-order valence-corrected chi connectivity index (χ2v) is 4.59. The van der Waals surface area contributed by atoms with E-state index in [2.05, 4.69) is 51.2 Å². The van der Waals surface area contributed by atoms with Gasteiger partial charge in [-0.2, -0.15) is 5.10 Å². The molecule has 0 saturated carbocycles. The molecule has 0 aliphatic rings. The van der Waals surface area contributed by atoms with Crippen LogP contribution in [-0.4, -0.2) is 9.78 Å². The molecule has 0 radical (unpaired) electrons. The van der Waals surface area contributed by atoms with E-state index in [4.69, 9.17) is 0 Å². The van der Waals surface area contributed by atoms with Gasteiger partial charge in [-0.15, -0.1) is 0 Å². The summed E-state index contributed by atoms with van der Waals surface area (Å²) in [7, 11) is 1.93. The minimum Gasteiger partial charge on any atom is -0.379 e. The van der Waals surface area contributed by atoms with Gasteiger partial charge in [-0.3, -0.25) is 4.68 Å². The molecule has 0 saturated heterocycles. The number of nitrogens with one attached hydrogen (secondary N) is 1. The third kappa shape index (κ3) is 2.95. The Morgan fingerprint density at radius 1 is 1.40 bits per heavy atom. The molecule has 0 unspecified atom stereocenters. The topological polar surface area (TPSA) is 29.9 Å². The number of aryl methyl sites for hydroxylation is 1. The van der Waals surface area contributed by atoms with Crippen LogP contribution in [0, 0.1) is 3.57 Å². The highest BCUT2D eigenvalue weighted by Gasteiger charge is 1.97. The zero-order valence-electron chi connectivity index (χ0n) is 8.44. The molecule has 0 spiro atoms. The van der Waals surface area contributed by atoms with Gasteiger partial charge in [0.05, 0.1) is 12.2 Å². The van der Waals surface area contributed by atoms with Crippen LogP contribution in [0.15, 0.2) is 36.5 Å². The molecule has 1 heterocycles. The van der Waals surface area contributed by atoms with Crippen LogP contribution in [0.3, 0.4) is 0 Å². The molecule has 0 atom stereocenters. The van der Waals surface area contributed by atoms with Gasteiger partial charge in [0.1, 0.15) is 0 Å². The Labute approximate surface area is 103 Å². The van der Waals surface area contributed by atoms with E-state index in [0.717, 1.165) is 17.9 Å². The third-order valence-corrected chi connectivity index (χ3v) is 2.74. The van der Waals surface area contributed by atoms with Crippen LogP contribution in [0.4, 0.5) is 5.69 Å². The SMILES string of the molecule is Cn1ccc(CNc2cccc(I)c2)n1. The molecule has 2 rings (SSSR count). The summed E-state index contributed by atoms with van der Waals surface area (Å²) in [6, 6.07) is 10.3. The maximum absolute atomic E-state index is 4.30. The maximum Gasteiger partial charge on any atom is 0.0815 e. The standard InChI is InChI=1S/C11H12IN3/c1-15-6-5-11(14-15)8-13-10-4-2-3-9(12)7-10/h2-7,13H,8H2,1H3. The number of benzene rings is 1. The summed E-state index contributed by atoms with van der Waals surface area (Å²) in [6.45, 7) is 0.765. The Kier molecular flexibility index (Phi) is 3.25. The molecule has 0 aliphatic heterocycles. The van der Waals surface area contributed by atoms with Crippen LogP contribution in [0.1, 0.15) is 5.69 Å². The molecule has 15 heavy (non-hydrogen) atoms. The number of nitrogens with zero attached hydrogens (tertiary/aromatic N) is 2. The molecule has 1 aromatic heterocycles. The molecular formula is C11H12IN3. The lowest BCUT2D eigenvalue weighted by Gasteiger charge is -2.04. The van der Waals surface area contributed by atoms with Crippen molar-refractivity contribution in [3.05, 3.63) is 45.8 Å². The molecule has 0 fully saturated rings. The van der Waals surface area contributed by atoms with E-state index in [0.29, 0.717) is 0 Å². The number of halogens is 1. The normalized spacial score (nSPS) is 10.3. The van der Waals surface area contributed by atoms with Gasteiger partial charge in [0.2, 0.25) is 0 Å². The Hall–Kier alpha value is -1.04. The lowest BCUT2D eigenvalue weighted by molar-refractivity contribution is 0.747. The Bertz CT molecular complexity index is 451. The largest absolute Gasteiger partial charge is 0.379 e. The summed E-state index contributed by atoms with van der Waals surface area (Å²) >= 11 is 2.30. The van der Waals surface area contributed by atoms with Crippen LogP contribution in [0.25, 0.3) is 0 Å². The predicted molar refractivity (Wildman–Crippen MR) is 69.7 cm³/mol. The Morgan fingerprint density at radius 3 is 2.93 bits per heavy atom. The van der Waals surface area contributed by atoms with E-state index < -0.39 is 0 Å². The first-order chi connectivity index (χ1) is 7.24. The van der Waals surface area contributed by atoms with E-state index in [9.17, 15) is 0 Å². The molecule has 3 nitrogen and oxygen atoms in total. The van der Waals surface area contributed by atoms with Crippen LogP contribution in [0.5, 0.6) is 0 Å². The van der Waals surface area contributed by atoms with Crippen molar-refractivity contribution in [2.75, 3.05) is 5.32 Å². The van der Waals surface area contributed by atoms with Crippen molar-refractivity contribution in [1.29, 1.82) is 0 Å². The number of aromatic nitrogens is 2. The first-order valence-corrected chi connectivity index (χ1v) is 5.80. The predicted octanol–water partition coefficient (Wildman–Crippen LogP) is 2.64. The van der Waals surface area contributed by atoms with Gasteiger partial charge in [0.25, 0.3) is 0 Å². The zero-order valence-corrected chi connectivity index (χ0v) is 10.6. The van der Waals surface area contributed by atoms with Crippen LogP contribution < -0.4 is 5.32 Å². The van der Waals surface area contributed by atoms with Gasteiger partial charge in [0.15, 0.2) is 0 Å². The van der Waals surface area contributed by atoms with Gasteiger partial charge < -0.3 is 5.32 Å². The highest BCUT2D eigenvalue weighted by atomic mass is 127. The quantitative estimate of drug-likeness (QED) is 0.883. The lowest BCUT2D eigenvalue weighted by Crippen LogP contribution is -2.01. The highest BCUT2D eigenvalue weighted by Crippen LogP contribution is 2.13. The summed E-state index contributed by atoms with van der Waals surface area (Å²) < 4.78 is 3.05. The Morgan fingerprint density at radius 2 is 2.27 bits per heavy atom. The van der Waals surface area contributed by atoms with Crippen molar-refractivity contribution in [3.8, 4) is 0 Å². The molecule has 0 amide bonds. The number of anilines is 1. The number of hydrogen-bond acceptors (Lipinski definition) is 2. The summed E-state index contributed by atoms with van der Waals surface area (Å²) in [4.78, 5) is 0. The van der Waals surface area contributed by atoms with Gasteiger partial charge in [0, 0.05) is 22.5 Å². The average Bonchev–Trinajstić information content (AvgIpc) is 2.62. The highest BCUT2D eigenvalue weighted by molar-refractivity contribution is 14.1. The van der Waals surface area contributed by atoms with Crippen molar-refractivity contribution in [1.82, 2.24) is 9.78 Å². The fraction of sp³-hybridized carbons (Fsp3) is 0.182. The van der Waals surface area contributed by atoms with E-state index >= 15 is 0 Å². The van der Waals surface area contributed by atoms with Gasteiger partial charge in [-0.05, 0) is 46.9 Å². The smallest absolute Gasteiger partial charge is 0.0815 e. The van der Waals surface area contributed by atoms with Crippen molar-refractivity contribution in [2.24, 2.45) is 7.05 Å². The molecule has 0 aliphatic carbocycles. The van der Waals surface area contributed by atoms with Crippen LogP contribution in [0.2, 0.25) is 0 Å². The minimum absolute atomic E-state index is 0.765. The van der Waals surface area contributed by atoms with Crippen LogP contribution >= 0.6 is 22.6 Å². The summed E-state index contributed by atoms with van der Waals surface area (Å²) in [5, 5.41) is 7.63. The number of rotatable bonds is 3. The molecule has 78 valence electrons. The van der Waals surface area contributed by atoms with E-state index in [1.807, 2.05) is 30.1 Å². The van der Waals surface area contributed by atoms with Crippen molar-refractivity contribution < 1.29 is 0 Å². The minimum atomic E-state index is 0.765. The van der Waals surface area contributed by atoms with E-state index in [-0.39, 0.29) is 0 Å². The van der Waals surface area contributed by atoms with Crippen molar-refractivity contribution in [3.63, 3.8) is 0 Å². The van der Waals surface area contributed by atoms with Crippen molar-refractivity contribution >= 4 is 28.3 Å². The Balaban J connectivity index is 1.99. The first-order valence-electron chi connectivity index (χ1n) is 4.72. The van der Waals surface area contributed by atoms with E-state index in [1.54, 1.807) is 0 Å². The van der Waals surface area contributed by atoms with E-state index in [1.165, 1.54) is 3.57 Å². The first kappa shape index (κ1) is 10.5. The number of hydrogen-bond donors (Lipinski definition) is 1. The molecule has 2 aromatic rings. The second-order valence-electron chi connectivity index (χ2n) is 3.34. The van der Waals surface area contributed by atoms with Crippen LogP contribution in [-0.2, 0) is 13.6 Å². The van der Waals surface area contributed by atoms with Gasteiger partial charge in [-0.25, -0.2) is 0 Å². The molecular weight excluding hydrogens is 301 g/mol. The summed E-state index contributed by atoms with van der Waals surface area (Å²) in [5.41, 5.74) is 2.18. The molecule has 0 bridgehead atoms. The maximum atomic E-state index is 4.30. The average molecular weight is 313 g/mol. The fourth-order valence-corrected chi connectivity index (χ4v) is 1.89. The second kappa shape index (κ2) is 4.65. The molecule has 1 N–H and O–H groups in total. The monoisotopic (exact) mass is 313 g/mol. The molecule has 4 heteroatoms. The third-order valence-electron chi connectivity index (χ3n) is 2.07. The summed E-state index contributed by atoms with van der Waals surface area (Å²) in [6.07, 6.45) is 1.95. The van der Waals surface area contributed by atoms with Crippen molar-refractivity contribution in [2.45, 2.75) is 6.54 Å². The zero-order chi connectivity index (χ0) is 10.7.